The second kappa shape index (κ2) is 5.66. The highest BCUT2D eigenvalue weighted by Crippen LogP contribution is 2.31. The molecular formula is C11H16ClN5O2. The fraction of sp³-hybridized carbons (Fsp3) is 0.636. The SMILES string of the molecule is CN1CCC(CN(C)c2ncnc(Cl)c2[N+](=O)[O-])C1. The Hall–Kier alpha value is -1.47. The number of anilines is 1. The molecule has 0 aromatic carbocycles. The number of likely N-dealkylation sites (tertiary alicyclic amines) is 1. The van der Waals surface area contributed by atoms with E-state index in [4.69, 9.17) is 11.6 Å². The van der Waals surface area contributed by atoms with Crippen LogP contribution in [-0.4, -0.2) is 53.5 Å². The topological polar surface area (TPSA) is 75.4 Å². The Morgan fingerprint density at radius 3 is 2.95 bits per heavy atom. The van der Waals surface area contributed by atoms with Gasteiger partial charge in [0.05, 0.1) is 4.92 Å². The summed E-state index contributed by atoms with van der Waals surface area (Å²) in [7, 11) is 3.87. The number of nitro groups is 1. The van der Waals surface area contributed by atoms with E-state index < -0.39 is 4.92 Å². The zero-order valence-electron chi connectivity index (χ0n) is 10.9. The molecule has 8 heteroatoms. The van der Waals surface area contributed by atoms with Crippen LogP contribution in [0.4, 0.5) is 11.5 Å². The Labute approximate surface area is 116 Å². The van der Waals surface area contributed by atoms with E-state index in [0.717, 1.165) is 26.1 Å². The molecule has 19 heavy (non-hydrogen) atoms. The van der Waals surface area contributed by atoms with E-state index in [0.29, 0.717) is 5.92 Å². The number of hydrogen-bond acceptors (Lipinski definition) is 6. The second-order valence-corrected chi connectivity index (χ2v) is 5.25. The van der Waals surface area contributed by atoms with Gasteiger partial charge in [-0.25, -0.2) is 9.97 Å². The summed E-state index contributed by atoms with van der Waals surface area (Å²) in [5.74, 6) is 0.767. The van der Waals surface area contributed by atoms with Crippen molar-refractivity contribution in [3.8, 4) is 0 Å². The lowest BCUT2D eigenvalue weighted by molar-refractivity contribution is -0.384. The summed E-state index contributed by atoms with van der Waals surface area (Å²) in [5.41, 5.74) is -0.224. The molecule has 1 aromatic heterocycles. The minimum absolute atomic E-state index is 0.120. The zero-order chi connectivity index (χ0) is 14.0. The van der Waals surface area contributed by atoms with Crippen molar-refractivity contribution in [3.63, 3.8) is 0 Å². The van der Waals surface area contributed by atoms with Crippen LogP contribution in [0.2, 0.25) is 5.15 Å². The smallest absolute Gasteiger partial charge is 0.348 e. The fourth-order valence-corrected chi connectivity index (χ4v) is 2.63. The van der Waals surface area contributed by atoms with Gasteiger partial charge >= 0.3 is 5.69 Å². The molecule has 104 valence electrons. The van der Waals surface area contributed by atoms with Crippen molar-refractivity contribution < 1.29 is 4.92 Å². The fourth-order valence-electron chi connectivity index (χ4n) is 2.43. The molecule has 2 rings (SSSR count). The van der Waals surface area contributed by atoms with E-state index in [1.54, 1.807) is 11.9 Å². The molecule has 1 aliphatic rings. The van der Waals surface area contributed by atoms with Crippen molar-refractivity contribution in [2.45, 2.75) is 6.42 Å². The van der Waals surface area contributed by atoms with Crippen LogP contribution in [0, 0.1) is 16.0 Å². The predicted octanol–water partition coefficient (Wildman–Crippen LogP) is 1.43. The van der Waals surface area contributed by atoms with Gasteiger partial charge in [0.1, 0.15) is 6.33 Å². The van der Waals surface area contributed by atoms with Gasteiger partial charge < -0.3 is 9.80 Å². The minimum atomic E-state index is -0.533. The maximum absolute atomic E-state index is 11.0. The molecule has 0 aliphatic carbocycles. The molecule has 0 bridgehead atoms. The number of aromatic nitrogens is 2. The molecule has 1 aliphatic heterocycles. The Morgan fingerprint density at radius 2 is 2.37 bits per heavy atom. The summed E-state index contributed by atoms with van der Waals surface area (Å²) in [6.07, 6.45) is 2.34. The van der Waals surface area contributed by atoms with E-state index in [-0.39, 0.29) is 16.7 Å². The lowest BCUT2D eigenvalue weighted by Crippen LogP contribution is -2.28. The lowest BCUT2D eigenvalue weighted by atomic mass is 10.1. The van der Waals surface area contributed by atoms with E-state index >= 15 is 0 Å². The maximum atomic E-state index is 11.0. The van der Waals surface area contributed by atoms with E-state index in [2.05, 4.69) is 21.9 Å². The average molecular weight is 286 g/mol. The molecule has 7 nitrogen and oxygen atoms in total. The Balaban J connectivity index is 2.17. The third kappa shape index (κ3) is 3.10. The summed E-state index contributed by atoms with van der Waals surface area (Å²) >= 11 is 5.78. The molecule has 0 amide bonds. The molecule has 1 atom stereocenters. The van der Waals surface area contributed by atoms with Crippen molar-refractivity contribution in [2.24, 2.45) is 5.92 Å². The molecule has 0 radical (unpaired) electrons. The van der Waals surface area contributed by atoms with Crippen LogP contribution >= 0.6 is 11.6 Å². The number of hydrogen-bond donors (Lipinski definition) is 0. The van der Waals surface area contributed by atoms with Crippen LogP contribution in [0.1, 0.15) is 6.42 Å². The van der Waals surface area contributed by atoms with Gasteiger partial charge in [0.15, 0.2) is 0 Å². The van der Waals surface area contributed by atoms with Gasteiger partial charge in [-0.1, -0.05) is 11.6 Å². The molecule has 0 spiro atoms. The first-order valence-corrected chi connectivity index (χ1v) is 6.41. The third-order valence-corrected chi connectivity index (χ3v) is 3.60. The van der Waals surface area contributed by atoms with Gasteiger partial charge in [0.25, 0.3) is 0 Å². The Bertz CT molecular complexity index is 484. The van der Waals surface area contributed by atoms with E-state index in [9.17, 15) is 10.1 Å². The lowest BCUT2D eigenvalue weighted by Gasteiger charge is -2.21. The van der Waals surface area contributed by atoms with Crippen LogP contribution in [0.3, 0.4) is 0 Å². The van der Waals surface area contributed by atoms with Crippen molar-refractivity contribution in [1.82, 2.24) is 14.9 Å². The van der Waals surface area contributed by atoms with Crippen LogP contribution in [-0.2, 0) is 0 Å². The molecule has 1 unspecified atom stereocenters. The van der Waals surface area contributed by atoms with Crippen LogP contribution in [0.15, 0.2) is 6.33 Å². The average Bonchev–Trinajstić information content (AvgIpc) is 2.73. The molecule has 0 saturated carbocycles. The standard InChI is InChI=1S/C11H16ClN5O2/c1-15-4-3-8(5-15)6-16(2)11-9(17(18)19)10(12)13-7-14-11/h7-8H,3-6H2,1-2H3. The second-order valence-electron chi connectivity index (χ2n) is 4.89. The number of rotatable bonds is 4. The van der Waals surface area contributed by atoms with Gasteiger partial charge in [0, 0.05) is 20.1 Å². The van der Waals surface area contributed by atoms with Gasteiger partial charge in [-0.15, -0.1) is 0 Å². The van der Waals surface area contributed by atoms with Crippen molar-refractivity contribution >= 4 is 23.1 Å². The van der Waals surface area contributed by atoms with Gasteiger partial charge in [-0.3, -0.25) is 10.1 Å². The summed E-state index contributed by atoms with van der Waals surface area (Å²) in [6, 6.07) is 0. The number of nitrogens with zero attached hydrogens (tertiary/aromatic N) is 5. The monoisotopic (exact) mass is 285 g/mol. The first-order valence-electron chi connectivity index (χ1n) is 6.03. The highest BCUT2D eigenvalue weighted by atomic mass is 35.5. The highest BCUT2D eigenvalue weighted by molar-refractivity contribution is 6.31. The summed E-state index contributed by atoms with van der Waals surface area (Å²) in [4.78, 5) is 22.2. The molecule has 2 heterocycles. The summed E-state index contributed by atoms with van der Waals surface area (Å²) in [6.45, 7) is 2.78. The van der Waals surface area contributed by atoms with Crippen LogP contribution in [0.5, 0.6) is 0 Å². The molecular weight excluding hydrogens is 270 g/mol. The van der Waals surface area contributed by atoms with Crippen molar-refractivity contribution in [3.05, 3.63) is 21.6 Å². The zero-order valence-corrected chi connectivity index (χ0v) is 11.7. The van der Waals surface area contributed by atoms with Crippen molar-refractivity contribution in [2.75, 3.05) is 38.6 Å². The van der Waals surface area contributed by atoms with E-state index in [1.807, 2.05) is 0 Å². The first kappa shape index (κ1) is 14.0. The molecule has 0 N–H and O–H groups in total. The largest absolute Gasteiger partial charge is 0.353 e. The Morgan fingerprint density at radius 1 is 1.63 bits per heavy atom. The molecule has 1 fully saturated rings. The van der Waals surface area contributed by atoms with E-state index in [1.165, 1.54) is 6.33 Å². The highest BCUT2D eigenvalue weighted by Gasteiger charge is 2.27. The normalized spacial score (nSPS) is 19.6. The summed E-state index contributed by atoms with van der Waals surface area (Å²) < 4.78 is 0. The van der Waals surface area contributed by atoms with Crippen LogP contribution < -0.4 is 4.90 Å². The quantitative estimate of drug-likeness (QED) is 0.473. The van der Waals surface area contributed by atoms with Crippen LogP contribution in [0.25, 0.3) is 0 Å². The van der Waals surface area contributed by atoms with Crippen molar-refractivity contribution in [1.29, 1.82) is 0 Å². The van der Waals surface area contributed by atoms with Gasteiger partial charge in [0.2, 0.25) is 11.0 Å². The van der Waals surface area contributed by atoms with Gasteiger partial charge in [-0.05, 0) is 25.9 Å². The Kier molecular flexibility index (Phi) is 4.16. The first-order chi connectivity index (χ1) is 8.99. The maximum Gasteiger partial charge on any atom is 0.348 e. The minimum Gasteiger partial charge on any atom is -0.353 e. The predicted molar refractivity (Wildman–Crippen MR) is 72.6 cm³/mol. The summed E-state index contributed by atoms with van der Waals surface area (Å²) in [5, 5.41) is 10.9. The third-order valence-electron chi connectivity index (χ3n) is 3.32. The molecule has 1 saturated heterocycles. The number of halogens is 1. The molecule has 1 aromatic rings. The van der Waals surface area contributed by atoms with Gasteiger partial charge in [-0.2, -0.15) is 0 Å².